The Morgan fingerprint density at radius 2 is 0.868 bits per heavy atom. The summed E-state index contributed by atoms with van der Waals surface area (Å²) in [5, 5.41) is 9.33. The lowest BCUT2D eigenvalue weighted by Crippen LogP contribution is -2.78. The fourth-order valence-corrected chi connectivity index (χ4v) is 2.28. The summed E-state index contributed by atoms with van der Waals surface area (Å²) in [7, 11) is 0. The topological polar surface area (TPSA) is 46.5 Å². The van der Waals surface area contributed by atoms with Gasteiger partial charge in [-0.1, -0.05) is 6.58 Å². The third-order valence-corrected chi connectivity index (χ3v) is 4.69. The Bertz CT molecular complexity index is 898. The van der Waals surface area contributed by atoms with Gasteiger partial charge < -0.3 is 9.84 Å². The van der Waals surface area contributed by atoms with Crippen molar-refractivity contribution in [2.75, 3.05) is 6.61 Å². The smallest absolute Gasteiger partial charge is 0.438 e. The molecule has 1 N–H and O–H groups in total. The molecule has 0 bridgehead atoms. The van der Waals surface area contributed by atoms with Crippen LogP contribution in [0.15, 0.2) is 12.2 Å². The Morgan fingerprint density at radius 1 is 0.605 bits per heavy atom. The molecule has 0 aromatic heterocycles. The van der Waals surface area contributed by atoms with Gasteiger partial charge in [0.1, 0.15) is 6.61 Å². The third kappa shape index (κ3) is 4.62. The highest BCUT2D eigenvalue weighted by Crippen LogP contribution is 2.66. The first kappa shape index (κ1) is 35.8. The zero-order chi connectivity index (χ0) is 31.6. The summed E-state index contributed by atoms with van der Waals surface area (Å²) in [6.07, 6.45) is -16.7. The molecule has 0 saturated heterocycles. The van der Waals surface area contributed by atoms with E-state index in [1.807, 2.05) is 0 Å². The lowest BCUT2D eigenvalue weighted by atomic mass is 9.81. The highest BCUT2D eigenvalue weighted by Gasteiger charge is 2.98. The van der Waals surface area contributed by atoms with Crippen molar-refractivity contribution < 1.29 is 98.1 Å². The molecule has 0 aromatic carbocycles. The van der Waals surface area contributed by atoms with Gasteiger partial charge in [-0.2, -0.15) is 79.0 Å². The Kier molecular flexibility index (Phi) is 8.68. The van der Waals surface area contributed by atoms with E-state index in [9.17, 15) is 93.3 Å². The molecule has 0 fully saturated rings. The lowest BCUT2D eigenvalue weighted by molar-refractivity contribution is -0.476. The zero-order valence-electron chi connectivity index (χ0n) is 17.9. The summed E-state index contributed by atoms with van der Waals surface area (Å²) >= 11 is 0. The van der Waals surface area contributed by atoms with Crippen LogP contribution in [-0.4, -0.2) is 76.8 Å². The molecule has 38 heavy (non-hydrogen) atoms. The van der Waals surface area contributed by atoms with Crippen LogP contribution in [0.5, 0.6) is 0 Å². The Balaban J connectivity index is 7.06. The van der Waals surface area contributed by atoms with Crippen molar-refractivity contribution in [2.24, 2.45) is 0 Å². The summed E-state index contributed by atoms with van der Waals surface area (Å²) in [6, 6.07) is 0. The maximum absolute atomic E-state index is 14.1. The molecule has 3 nitrogen and oxygen atoms in total. The number of ether oxygens (including phenoxy) is 1. The van der Waals surface area contributed by atoms with E-state index in [0.29, 0.717) is 0 Å². The number of carbonyl (C=O) groups is 1. The van der Waals surface area contributed by atoms with Crippen LogP contribution in [0.2, 0.25) is 0 Å². The van der Waals surface area contributed by atoms with E-state index in [-0.39, 0.29) is 0 Å². The van der Waals surface area contributed by atoms with Gasteiger partial charge in [0.2, 0.25) is 0 Å². The van der Waals surface area contributed by atoms with Crippen molar-refractivity contribution >= 4 is 5.97 Å². The highest BCUT2D eigenvalue weighted by atomic mass is 19.4. The Hall–Kier alpha value is -2.16. The molecule has 0 aliphatic heterocycles. The zero-order valence-corrected chi connectivity index (χ0v) is 17.9. The summed E-state index contributed by atoms with van der Waals surface area (Å²) in [5.41, 5.74) is -14.6. The Morgan fingerprint density at radius 3 is 1.13 bits per heavy atom. The largest absolute Gasteiger partial charge is 0.459 e. The second-order valence-corrected chi connectivity index (χ2v) is 7.73. The molecule has 0 aliphatic carbocycles. The monoisotopic (exact) mass is 612 g/mol. The summed E-state index contributed by atoms with van der Waals surface area (Å²) in [4.78, 5) is 11.1. The first-order valence-electron chi connectivity index (χ1n) is 8.72. The van der Waals surface area contributed by atoms with Crippen LogP contribution in [0.1, 0.15) is 13.8 Å². The van der Waals surface area contributed by atoms with Gasteiger partial charge >= 0.3 is 59.5 Å². The maximum Gasteiger partial charge on any atom is 0.438 e. The van der Waals surface area contributed by atoms with E-state index in [1.54, 1.807) is 0 Å². The average Bonchev–Trinajstić information content (AvgIpc) is 2.68. The van der Waals surface area contributed by atoms with E-state index in [0.717, 1.165) is 6.92 Å². The number of esters is 1. The van der Waals surface area contributed by atoms with Gasteiger partial charge in [-0.25, -0.2) is 9.18 Å². The lowest BCUT2D eigenvalue weighted by Gasteiger charge is -2.46. The molecule has 1 atom stereocenters. The number of aliphatic hydroxyl groups is 1. The second-order valence-electron chi connectivity index (χ2n) is 7.73. The molecule has 0 radical (unpaired) electrons. The minimum Gasteiger partial charge on any atom is -0.459 e. The van der Waals surface area contributed by atoms with Crippen molar-refractivity contribution in [1.29, 1.82) is 0 Å². The highest BCUT2D eigenvalue weighted by molar-refractivity contribution is 5.86. The van der Waals surface area contributed by atoms with Gasteiger partial charge in [-0.05, 0) is 13.8 Å². The molecular weight excluding hydrogens is 601 g/mol. The number of rotatable bonds is 10. The van der Waals surface area contributed by atoms with Gasteiger partial charge in [-0.15, -0.1) is 0 Å². The molecule has 0 spiro atoms. The molecule has 0 heterocycles. The maximum atomic E-state index is 14.1. The second kappa shape index (κ2) is 9.20. The summed E-state index contributed by atoms with van der Waals surface area (Å²) in [5.74, 6) is -53.6. The van der Waals surface area contributed by atoms with Gasteiger partial charge in [0.25, 0.3) is 0 Å². The van der Waals surface area contributed by atoms with Crippen LogP contribution >= 0.6 is 0 Å². The molecule has 22 heteroatoms. The molecule has 1 unspecified atom stereocenters. The van der Waals surface area contributed by atoms with Crippen molar-refractivity contribution in [2.45, 2.75) is 73.0 Å². The first-order valence-corrected chi connectivity index (χ1v) is 8.72. The van der Waals surface area contributed by atoms with E-state index < -0.39 is 84.2 Å². The van der Waals surface area contributed by atoms with Crippen LogP contribution in [0.3, 0.4) is 0 Å². The van der Waals surface area contributed by atoms with Crippen molar-refractivity contribution in [3.05, 3.63) is 12.2 Å². The van der Waals surface area contributed by atoms with Crippen molar-refractivity contribution in [1.82, 2.24) is 0 Å². The molecule has 0 aliphatic rings. The normalized spacial score (nSPS) is 17.2. The number of hydrogen-bond donors (Lipinski definition) is 1. The average molecular weight is 612 g/mol. The number of halogens is 19. The molecular formula is C16H11F19O3. The van der Waals surface area contributed by atoms with Crippen molar-refractivity contribution in [3.8, 4) is 0 Å². The van der Waals surface area contributed by atoms with Gasteiger partial charge in [0, 0.05) is 5.57 Å². The fraction of sp³-hybridized carbons (Fsp3) is 0.812. The van der Waals surface area contributed by atoms with E-state index in [4.69, 9.17) is 0 Å². The van der Waals surface area contributed by atoms with Crippen molar-refractivity contribution in [3.63, 3.8) is 0 Å². The standard InChI is InChI=1S/C16H11F19O3/c1-5(2)6(36)38-4-7(3,37)9(18,19)11(22,23)13(26,27)14(28,29)12(24,25)10(20,21)8(17,15(30,31)32)16(33,34)35/h37H,1,4H2,2-3H3. The van der Waals surface area contributed by atoms with Crippen LogP contribution in [0.25, 0.3) is 0 Å². The first-order chi connectivity index (χ1) is 16.1. The minimum atomic E-state index is -9.17. The van der Waals surface area contributed by atoms with E-state index in [2.05, 4.69) is 11.3 Å². The molecule has 0 amide bonds. The van der Waals surface area contributed by atoms with Gasteiger partial charge in [0.05, 0.1) is 0 Å². The van der Waals surface area contributed by atoms with E-state index >= 15 is 0 Å². The van der Waals surface area contributed by atoms with Crippen LogP contribution in [0, 0.1) is 0 Å². The number of carbonyl (C=O) groups excluding carboxylic acids is 1. The number of alkyl halides is 19. The summed E-state index contributed by atoms with van der Waals surface area (Å²) in [6.45, 7) is 0.237. The number of hydrogen-bond acceptors (Lipinski definition) is 3. The molecule has 226 valence electrons. The van der Waals surface area contributed by atoms with E-state index in [1.165, 1.54) is 0 Å². The van der Waals surface area contributed by atoms with Gasteiger partial charge in [0.15, 0.2) is 5.60 Å². The quantitative estimate of drug-likeness (QED) is 0.174. The van der Waals surface area contributed by atoms with Crippen LogP contribution < -0.4 is 0 Å². The minimum absolute atomic E-state index is 0.701. The molecule has 0 rings (SSSR count). The predicted octanol–water partition coefficient (Wildman–Crippen LogP) is 6.50. The van der Waals surface area contributed by atoms with Gasteiger partial charge in [-0.3, -0.25) is 0 Å². The van der Waals surface area contributed by atoms with Crippen LogP contribution in [0.4, 0.5) is 83.4 Å². The predicted molar refractivity (Wildman–Crippen MR) is 82.0 cm³/mol. The van der Waals surface area contributed by atoms with Crippen LogP contribution in [-0.2, 0) is 9.53 Å². The molecule has 0 saturated carbocycles. The third-order valence-electron chi connectivity index (χ3n) is 4.69. The Labute approximate surface area is 197 Å². The summed E-state index contributed by atoms with van der Waals surface area (Å²) < 4.78 is 257. The fourth-order valence-electron chi connectivity index (χ4n) is 2.28. The molecule has 0 aromatic rings. The SMILES string of the molecule is C=C(C)C(=O)OCC(C)(O)C(F)(F)C(F)(F)C(F)(F)C(F)(F)C(F)(F)C(F)(F)C(F)(C(F)(F)F)C(F)(F)F.